The van der Waals surface area contributed by atoms with Gasteiger partial charge in [0.1, 0.15) is 0 Å². The van der Waals surface area contributed by atoms with Gasteiger partial charge < -0.3 is 10.6 Å². The van der Waals surface area contributed by atoms with Crippen molar-refractivity contribution in [1.82, 2.24) is 15.2 Å². The van der Waals surface area contributed by atoms with E-state index < -0.39 is 0 Å². The summed E-state index contributed by atoms with van der Waals surface area (Å²) in [5.41, 5.74) is 5.50. The molecule has 0 aromatic carbocycles. The third-order valence-electron chi connectivity index (χ3n) is 2.63. The van der Waals surface area contributed by atoms with Crippen LogP contribution in [-0.2, 0) is 0 Å². The van der Waals surface area contributed by atoms with Crippen LogP contribution < -0.4 is 10.6 Å². The van der Waals surface area contributed by atoms with Crippen LogP contribution in [0.4, 0.5) is 11.9 Å². The van der Waals surface area contributed by atoms with Gasteiger partial charge in [-0.1, -0.05) is 6.92 Å². The van der Waals surface area contributed by atoms with Crippen LogP contribution in [0.25, 0.3) is 0 Å². The monoisotopic (exact) mass is 213 g/mol. The first kappa shape index (κ1) is 9.64. The van der Waals surface area contributed by atoms with Crippen molar-refractivity contribution in [1.29, 1.82) is 0 Å². The van der Waals surface area contributed by atoms with Crippen molar-refractivity contribution in [2.24, 2.45) is 0 Å². The molecule has 2 heterocycles. The molecule has 2 rings (SSSR count). The highest BCUT2D eigenvalue weighted by atomic mass is 32.2. The topological polar surface area (TPSA) is 70.8 Å². The SMILES string of the molecule is CC1SCCN(c2n[nH]c(N)n2)C1C. The van der Waals surface area contributed by atoms with Crippen LogP contribution in [0.1, 0.15) is 13.8 Å². The minimum absolute atomic E-state index is 0.387. The van der Waals surface area contributed by atoms with E-state index in [4.69, 9.17) is 5.73 Å². The van der Waals surface area contributed by atoms with E-state index in [1.165, 1.54) is 0 Å². The fourth-order valence-electron chi connectivity index (χ4n) is 1.61. The van der Waals surface area contributed by atoms with Crippen LogP contribution in [-0.4, -0.2) is 38.8 Å². The Bertz CT molecular complexity index is 312. The quantitative estimate of drug-likeness (QED) is 0.719. The minimum atomic E-state index is 0.387. The second-order valence-corrected chi connectivity index (χ2v) is 5.02. The third kappa shape index (κ3) is 1.66. The molecule has 78 valence electrons. The molecule has 0 aliphatic carbocycles. The fourth-order valence-corrected chi connectivity index (χ4v) is 2.71. The highest BCUT2D eigenvalue weighted by Crippen LogP contribution is 2.26. The van der Waals surface area contributed by atoms with Gasteiger partial charge in [0.15, 0.2) is 0 Å². The zero-order valence-electron chi connectivity index (χ0n) is 8.40. The molecule has 5 nitrogen and oxygen atoms in total. The molecule has 1 aromatic rings. The summed E-state index contributed by atoms with van der Waals surface area (Å²) in [6, 6.07) is 0.462. The van der Waals surface area contributed by atoms with E-state index in [-0.39, 0.29) is 0 Å². The number of nitrogens with one attached hydrogen (secondary N) is 1. The number of thioether (sulfide) groups is 1. The van der Waals surface area contributed by atoms with E-state index in [9.17, 15) is 0 Å². The van der Waals surface area contributed by atoms with Gasteiger partial charge >= 0.3 is 0 Å². The molecule has 0 spiro atoms. The maximum absolute atomic E-state index is 5.50. The van der Waals surface area contributed by atoms with Crippen LogP contribution in [0.5, 0.6) is 0 Å². The first-order valence-electron chi connectivity index (χ1n) is 4.74. The average Bonchev–Trinajstić information content (AvgIpc) is 2.57. The molecule has 1 fully saturated rings. The molecule has 0 saturated carbocycles. The lowest BCUT2D eigenvalue weighted by Gasteiger charge is -2.36. The van der Waals surface area contributed by atoms with Gasteiger partial charge in [0, 0.05) is 23.6 Å². The molecule has 0 amide bonds. The van der Waals surface area contributed by atoms with Crippen molar-refractivity contribution in [2.45, 2.75) is 25.1 Å². The molecule has 1 aliphatic rings. The summed E-state index contributed by atoms with van der Waals surface area (Å²) < 4.78 is 0. The van der Waals surface area contributed by atoms with Crippen molar-refractivity contribution in [2.75, 3.05) is 22.9 Å². The molecule has 2 unspecified atom stereocenters. The number of hydrogen-bond acceptors (Lipinski definition) is 5. The van der Waals surface area contributed by atoms with Crippen LogP contribution >= 0.6 is 11.8 Å². The van der Waals surface area contributed by atoms with E-state index in [1.807, 2.05) is 11.8 Å². The second kappa shape index (κ2) is 3.68. The average molecular weight is 213 g/mol. The van der Waals surface area contributed by atoms with Gasteiger partial charge in [-0.15, -0.1) is 5.10 Å². The number of aromatic nitrogens is 3. The van der Waals surface area contributed by atoms with Crippen molar-refractivity contribution in [3.8, 4) is 0 Å². The van der Waals surface area contributed by atoms with E-state index in [1.54, 1.807) is 0 Å². The molecular formula is C8H15N5S. The molecule has 3 N–H and O–H groups in total. The maximum atomic E-state index is 5.50. The number of H-pyrrole nitrogens is 1. The summed E-state index contributed by atoms with van der Waals surface area (Å²) in [5.74, 6) is 2.24. The molecular weight excluding hydrogens is 198 g/mol. The standard InChI is InChI=1S/C8H15N5S/c1-5-6(2)14-4-3-13(5)8-10-7(9)11-12-8/h5-6H,3-4H2,1-2H3,(H3,9,10,11,12). The highest BCUT2D eigenvalue weighted by molar-refractivity contribution is 8.00. The predicted molar refractivity (Wildman–Crippen MR) is 59.5 cm³/mol. The van der Waals surface area contributed by atoms with E-state index in [0.717, 1.165) is 18.2 Å². The van der Waals surface area contributed by atoms with Crippen LogP contribution in [0, 0.1) is 0 Å². The van der Waals surface area contributed by atoms with Gasteiger partial charge in [0.05, 0.1) is 0 Å². The molecule has 1 aromatic heterocycles. The Kier molecular flexibility index (Phi) is 2.54. The van der Waals surface area contributed by atoms with Crippen LogP contribution in [0.2, 0.25) is 0 Å². The van der Waals surface area contributed by atoms with E-state index in [0.29, 0.717) is 17.2 Å². The van der Waals surface area contributed by atoms with E-state index in [2.05, 4.69) is 33.9 Å². The number of rotatable bonds is 1. The molecule has 1 saturated heterocycles. The highest BCUT2D eigenvalue weighted by Gasteiger charge is 2.27. The van der Waals surface area contributed by atoms with Gasteiger partial charge in [-0.2, -0.15) is 16.7 Å². The summed E-state index contributed by atoms with van der Waals surface area (Å²) in [5, 5.41) is 7.36. The summed E-state index contributed by atoms with van der Waals surface area (Å²) in [7, 11) is 0. The Morgan fingerprint density at radius 1 is 1.57 bits per heavy atom. The van der Waals surface area contributed by atoms with Gasteiger partial charge in [0.2, 0.25) is 11.9 Å². The minimum Gasteiger partial charge on any atom is -0.368 e. The fraction of sp³-hybridized carbons (Fsp3) is 0.750. The lowest BCUT2D eigenvalue weighted by Crippen LogP contribution is -2.45. The maximum Gasteiger partial charge on any atom is 0.246 e. The Morgan fingerprint density at radius 2 is 2.36 bits per heavy atom. The van der Waals surface area contributed by atoms with Crippen molar-refractivity contribution >= 4 is 23.7 Å². The van der Waals surface area contributed by atoms with Gasteiger partial charge in [-0.05, 0) is 6.92 Å². The third-order valence-corrected chi connectivity index (χ3v) is 3.97. The van der Waals surface area contributed by atoms with Crippen molar-refractivity contribution < 1.29 is 0 Å². The largest absolute Gasteiger partial charge is 0.368 e. The molecule has 6 heteroatoms. The van der Waals surface area contributed by atoms with Crippen molar-refractivity contribution in [3.63, 3.8) is 0 Å². The smallest absolute Gasteiger partial charge is 0.246 e. The summed E-state index contributed by atoms with van der Waals surface area (Å²) in [6.07, 6.45) is 0. The normalized spacial score (nSPS) is 28.0. The van der Waals surface area contributed by atoms with Gasteiger partial charge in [-0.3, -0.25) is 0 Å². The van der Waals surface area contributed by atoms with Crippen LogP contribution in [0.15, 0.2) is 0 Å². The number of hydrogen-bond donors (Lipinski definition) is 2. The number of anilines is 2. The lowest BCUT2D eigenvalue weighted by atomic mass is 10.2. The number of nitrogens with two attached hydrogens (primary N) is 1. The van der Waals surface area contributed by atoms with Gasteiger partial charge in [-0.25, -0.2) is 5.10 Å². The number of aromatic amines is 1. The molecule has 14 heavy (non-hydrogen) atoms. The molecule has 1 aliphatic heterocycles. The summed E-state index contributed by atoms with van der Waals surface area (Å²) in [6.45, 7) is 5.42. The second-order valence-electron chi connectivity index (χ2n) is 3.53. The molecule has 0 radical (unpaired) electrons. The van der Waals surface area contributed by atoms with Crippen LogP contribution in [0.3, 0.4) is 0 Å². The number of nitrogen functional groups attached to an aromatic ring is 1. The zero-order chi connectivity index (χ0) is 10.1. The lowest BCUT2D eigenvalue weighted by molar-refractivity contribution is 0.613. The zero-order valence-corrected chi connectivity index (χ0v) is 9.21. The first-order valence-corrected chi connectivity index (χ1v) is 5.79. The molecule has 2 atom stereocenters. The summed E-state index contributed by atoms with van der Waals surface area (Å²) >= 11 is 1.99. The Labute approximate surface area is 87.5 Å². The Morgan fingerprint density at radius 3 is 3.00 bits per heavy atom. The van der Waals surface area contributed by atoms with E-state index >= 15 is 0 Å². The predicted octanol–water partition coefficient (Wildman–Crippen LogP) is 0.717. The Balaban J connectivity index is 2.17. The first-order chi connectivity index (χ1) is 6.68. The molecule has 0 bridgehead atoms. The van der Waals surface area contributed by atoms with Crippen molar-refractivity contribution in [3.05, 3.63) is 0 Å². The van der Waals surface area contributed by atoms with Gasteiger partial charge in [0.25, 0.3) is 0 Å². The number of nitrogens with zero attached hydrogens (tertiary/aromatic N) is 3. The Hall–Kier alpha value is -0.910. The summed E-state index contributed by atoms with van der Waals surface area (Å²) in [4.78, 5) is 6.35.